The van der Waals surface area contributed by atoms with Gasteiger partial charge in [-0.1, -0.05) is 0 Å². The van der Waals surface area contributed by atoms with E-state index in [4.69, 9.17) is 17.0 Å². The number of methoxy groups -OCH3 is 1. The van der Waals surface area contributed by atoms with E-state index in [1.807, 2.05) is 13.0 Å². The van der Waals surface area contributed by atoms with Gasteiger partial charge in [-0.3, -0.25) is 0 Å². The number of anilines is 1. The number of rotatable bonds is 5. The van der Waals surface area contributed by atoms with E-state index < -0.39 is 0 Å². The molecule has 1 rings (SSSR count). The number of nitrogens with zero attached hydrogens (tertiary/aromatic N) is 1. The van der Waals surface area contributed by atoms with Crippen molar-refractivity contribution in [2.24, 2.45) is 0 Å². The zero-order valence-corrected chi connectivity index (χ0v) is 14.2. The molecule has 0 unspecified atom stereocenters. The molecule has 0 spiro atoms. The first kappa shape index (κ1) is 15.8. The van der Waals surface area contributed by atoms with Crippen LogP contribution in [0.4, 0.5) is 5.82 Å². The standard InChI is InChI=1S/C11H15Br2N3OS/c1-7-8(12)6-9(13)10(15-7)16-11(18)14-4-3-5-17-2/h6H,3-5H2,1-2H3,(H2,14,15,16,18). The number of aryl methyl sites for hydroxylation is 1. The summed E-state index contributed by atoms with van der Waals surface area (Å²) in [6.07, 6.45) is 0.909. The Morgan fingerprint density at radius 1 is 1.44 bits per heavy atom. The topological polar surface area (TPSA) is 46.2 Å². The summed E-state index contributed by atoms with van der Waals surface area (Å²) in [7, 11) is 1.68. The normalized spacial score (nSPS) is 10.2. The Bertz CT molecular complexity index is 429. The fraction of sp³-hybridized carbons (Fsp3) is 0.455. The van der Waals surface area contributed by atoms with Gasteiger partial charge in [0.15, 0.2) is 5.11 Å². The highest BCUT2D eigenvalue weighted by Gasteiger charge is 2.07. The highest BCUT2D eigenvalue weighted by atomic mass is 79.9. The minimum absolute atomic E-state index is 0.557. The summed E-state index contributed by atoms with van der Waals surface area (Å²) in [5.74, 6) is 0.708. The van der Waals surface area contributed by atoms with Gasteiger partial charge in [0.25, 0.3) is 0 Å². The zero-order chi connectivity index (χ0) is 13.5. The lowest BCUT2D eigenvalue weighted by Gasteiger charge is -2.12. The quantitative estimate of drug-likeness (QED) is 0.590. The third-order valence-corrected chi connectivity index (χ3v) is 3.80. The van der Waals surface area contributed by atoms with Crippen LogP contribution in [-0.4, -0.2) is 30.4 Å². The van der Waals surface area contributed by atoms with Gasteiger partial charge in [-0.25, -0.2) is 4.98 Å². The fourth-order valence-corrected chi connectivity index (χ4v) is 2.46. The molecule has 2 N–H and O–H groups in total. The van der Waals surface area contributed by atoms with Crippen molar-refractivity contribution in [3.63, 3.8) is 0 Å². The zero-order valence-electron chi connectivity index (χ0n) is 10.2. The van der Waals surface area contributed by atoms with Crippen LogP contribution in [0.3, 0.4) is 0 Å². The molecule has 0 aliphatic rings. The Labute approximate surface area is 129 Å². The lowest BCUT2D eigenvalue weighted by molar-refractivity contribution is 0.196. The van der Waals surface area contributed by atoms with E-state index in [0.717, 1.165) is 34.2 Å². The van der Waals surface area contributed by atoms with Crippen molar-refractivity contribution < 1.29 is 4.74 Å². The minimum atomic E-state index is 0.557. The minimum Gasteiger partial charge on any atom is -0.385 e. The first-order valence-corrected chi connectivity index (χ1v) is 7.40. The number of aromatic nitrogens is 1. The molecule has 0 aliphatic carbocycles. The number of hydrogen-bond donors (Lipinski definition) is 2. The van der Waals surface area contributed by atoms with Gasteiger partial charge in [-0.15, -0.1) is 0 Å². The predicted molar refractivity (Wildman–Crippen MR) is 85.1 cm³/mol. The lowest BCUT2D eigenvalue weighted by atomic mass is 10.4. The molecule has 0 atom stereocenters. The molecule has 0 bridgehead atoms. The van der Waals surface area contributed by atoms with Crippen LogP contribution < -0.4 is 10.6 Å². The maximum absolute atomic E-state index is 5.19. The van der Waals surface area contributed by atoms with Gasteiger partial charge in [0, 0.05) is 24.7 Å². The van der Waals surface area contributed by atoms with E-state index in [2.05, 4.69) is 47.5 Å². The third-order valence-electron chi connectivity index (χ3n) is 2.15. The van der Waals surface area contributed by atoms with Crippen LogP contribution in [0.25, 0.3) is 0 Å². The fourth-order valence-electron chi connectivity index (χ4n) is 1.22. The van der Waals surface area contributed by atoms with Crippen LogP contribution in [0.15, 0.2) is 15.0 Å². The lowest BCUT2D eigenvalue weighted by Crippen LogP contribution is -2.30. The molecule has 0 aromatic carbocycles. The average molecular weight is 397 g/mol. The van der Waals surface area contributed by atoms with Crippen molar-refractivity contribution in [1.82, 2.24) is 10.3 Å². The maximum Gasteiger partial charge on any atom is 0.171 e. The molecule has 0 aliphatic heterocycles. The maximum atomic E-state index is 5.19. The molecular formula is C11H15Br2N3OS. The Kier molecular flexibility index (Phi) is 7.06. The van der Waals surface area contributed by atoms with Gasteiger partial charge < -0.3 is 15.4 Å². The molecule has 1 aromatic heterocycles. The second kappa shape index (κ2) is 8.04. The van der Waals surface area contributed by atoms with Crippen molar-refractivity contribution in [2.75, 3.05) is 25.6 Å². The van der Waals surface area contributed by atoms with Crippen molar-refractivity contribution in [1.29, 1.82) is 0 Å². The molecule has 18 heavy (non-hydrogen) atoms. The molecule has 1 aromatic rings. The van der Waals surface area contributed by atoms with E-state index in [9.17, 15) is 0 Å². The van der Waals surface area contributed by atoms with Gasteiger partial charge in [0.05, 0.1) is 10.2 Å². The number of nitrogens with one attached hydrogen (secondary N) is 2. The summed E-state index contributed by atoms with van der Waals surface area (Å²) in [6, 6.07) is 1.94. The first-order chi connectivity index (χ1) is 8.54. The Morgan fingerprint density at radius 3 is 2.83 bits per heavy atom. The van der Waals surface area contributed by atoms with Crippen molar-refractivity contribution in [3.8, 4) is 0 Å². The van der Waals surface area contributed by atoms with Crippen molar-refractivity contribution >= 4 is 55.0 Å². The van der Waals surface area contributed by atoms with E-state index >= 15 is 0 Å². The Balaban J connectivity index is 2.51. The van der Waals surface area contributed by atoms with E-state index in [1.165, 1.54) is 0 Å². The molecule has 0 saturated carbocycles. The third kappa shape index (κ3) is 5.17. The summed E-state index contributed by atoms with van der Waals surface area (Å²) in [5.41, 5.74) is 0.905. The van der Waals surface area contributed by atoms with Crippen molar-refractivity contribution in [2.45, 2.75) is 13.3 Å². The van der Waals surface area contributed by atoms with Gasteiger partial charge in [-0.2, -0.15) is 0 Å². The first-order valence-electron chi connectivity index (χ1n) is 5.41. The van der Waals surface area contributed by atoms with Crippen LogP contribution >= 0.6 is 44.1 Å². The monoisotopic (exact) mass is 395 g/mol. The smallest absolute Gasteiger partial charge is 0.171 e. The molecule has 0 radical (unpaired) electrons. The predicted octanol–water partition coefficient (Wildman–Crippen LogP) is 3.24. The second-order valence-corrected chi connectivity index (χ2v) is 5.73. The van der Waals surface area contributed by atoms with Gasteiger partial charge in [-0.05, 0) is 63.5 Å². The highest BCUT2D eigenvalue weighted by molar-refractivity contribution is 9.11. The molecule has 0 saturated heterocycles. The number of ether oxygens (including phenoxy) is 1. The molecule has 4 nitrogen and oxygen atoms in total. The van der Waals surface area contributed by atoms with Crippen molar-refractivity contribution in [3.05, 3.63) is 20.7 Å². The highest BCUT2D eigenvalue weighted by Crippen LogP contribution is 2.26. The Morgan fingerprint density at radius 2 is 2.17 bits per heavy atom. The van der Waals surface area contributed by atoms with Crippen LogP contribution in [0.1, 0.15) is 12.1 Å². The van der Waals surface area contributed by atoms with Gasteiger partial charge in [0.2, 0.25) is 0 Å². The SMILES string of the molecule is COCCCNC(=S)Nc1nc(C)c(Br)cc1Br. The molecular weight excluding hydrogens is 382 g/mol. The molecule has 0 fully saturated rings. The summed E-state index contributed by atoms with van der Waals surface area (Å²) >= 11 is 12.0. The number of pyridine rings is 1. The van der Waals surface area contributed by atoms with E-state index in [1.54, 1.807) is 7.11 Å². The summed E-state index contributed by atoms with van der Waals surface area (Å²) < 4.78 is 6.78. The largest absolute Gasteiger partial charge is 0.385 e. The molecule has 7 heteroatoms. The van der Waals surface area contributed by atoms with Crippen LogP contribution in [0.2, 0.25) is 0 Å². The summed E-state index contributed by atoms with van der Waals surface area (Å²) in [5, 5.41) is 6.71. The summed E-state index contributed by atoms with van der Waals surface area (Å²) in [4.78, 5) is 4.40. The molecule has 100 valence electrons. The Hall–Kier alpha value is -0.240. The molecule has 1 heterocycles. The van der Waals surface area contributed by atoms with Gasteiger partial charge in [0.1, 0.15) is 5.82 Å². The summed E-state index contributed by atoms with van der Waals surface area (Å²) in [6.45, 7) is 3.42. The second-order valence-electron chi connectivity index (χ2n) is 3.61. The molecule has 0 amide bonds. The van der Waals surface area contributed by atoms with Gasteiger partial charge >= 0.3 is 0 Å². The van der Waals surface area contributed by atoms with Crippen LogP contribution in [-0.2, 0) is 4.74 Å². The number of hydrogen-bond acceptors (Lipinski definition) is 3. The van der Waals surface area contributed by atoms with Crippen LogP contribution in [0.5, 0.6) is 0 Å². The average Bonchev–Trinajstić information content (AvgIpc) is 2.32. The number of halogens is 2. The van der Waals surface area contributed by atoms with Crippen LogP contribution in [0, 0.1) is 6.92 Å². The number of thiocarbonyl (C=S) groups is 1. The van der Waals surface area contributed by atoms with E-state index in [-0.39, 0.29) is 0 Å². The van der Waals surface area contributed by atoms with E-state index in [0.29, 0.717) is 10.9 Å².